The molecule has 0 saturated carbocycles. The topological polar surface area (TPSA) is 84.0 Å². The fraction of sp³-hybridized carbons (Fsp3) is 0.556. The quantitative estimate of drug-likeness (QED) is 0.609. The monoisotopic (exact) mass is 332 g/mol. The zero-order valence-electron chi connectivity index (χ0n) is 10.3. The Hall–Kier alpha value is -1.13. The highest BCUT2D eigenvalue weighted by Gasteiger charge is 2.35. The molecule has 114 valence electrons. The van der Waals surface area contributed by atoms with Gasteiger partial charge in [0.05, 0.1) is 6.26 Å². The Morgan fingerprint density at radius 2 is 1.95 bits per heavy atom. The van der Waals surface area contributed by atoms with Gasteiger partial charge in [0.15, 0.2) is 0 Å². The van der Waals surface area contributed by atoms with Crippen LogP contribution in [0, 0.1) is 0 Å². The van der Waals surface area contributed by atoms with Crippen molar-refractivity contribution in [3.63, 3.8) is 0 Å². The summed E-state index contributed by atoms with van der Waals surface area (Å²) in [6, 6.07) is 1.15. The highest BCUT2D eigenvalue weighted by molar-refractivity contribution is 7.88. The first-order chi connectivity index (χ1) is 9.08. The van der Waals surface area contributed by atoms with Crippen LogP contribution in [0.4, 0.5) is 19.0 Å². The van der Waals surface area contributed by atoms with E-state index in [1.807, 2.05) is 0 Å². The first kappa shape index (κ1) is 16.9. The third-order valence-corrected chi connectivity index (χ3v) is 2.89. The van der Waals surface area contributed by atoms with Crippen molar-refractivity contribution in [2.24, 2.45) is 0 Å². The molecule has 1 aromatic heterocycles. The summed E-state index contributed by atoms with van der Waals surface area (Å²) in [4.78, 5) is 6.36. The summed E-state index contributed by atoms with van der Waals surface area (Å²) >= 11 is 5.47. The molecule has 2 N–H and O–H groups in total. The molecule has 0 aliphatic heterocycles. The number of hydrogen-bond acceptors (Lipinski definition) is 5. The van der Waals surface area contributed by atoms with Crippen molar-refractivity contribution in [2.45, 2.75) is 12.6 Å². The minimum atomic E-state index is -4.68. The van der Waals surface area contributed by atoms with Crippen LogP contribution in [0.2, 0.25) is 5.15 Å². The van der Waals surface area contributed by atoms with Gasteiger partial charge in [0.2, 0.25) is 15.8 Å². The van der Waals surface area contributed by atoms with E-state index in [-0.39, 0.29) is 24.1 Å². The Balaban J connectivity index is 2.54. The minimum Gasteiger partial charge on any atom is -0.370 e. The maximum Gasteiger partial charge on any atom is 0.451 e. The highest BCUT2D eigenvalue weighted by Crippen LogP contribution is 2.28. The Bertz CT molecular complexity index is 565. The molecule has 0 amide bonds. The van der Waals surface area contributed by atoms with Gasteiger partial charge in [0.25, 0.3) is 0 Å². The van der Waals surface area contributed by atoms with Gasteiger partial charge in [-0.2, -0.15) is 13.2 Å². The number of aromatic nitrogens is 2. The second-order valence-electron chi connectivity index (χ2n) is 3.84. The molecular weight excluding hydrogens is 321 g/mol. The number of alkyl halides is 3. The van der Waals surface area contributed by atoms with Crippen molar-refractivity contribution < 1.29 is 21.6 Å². The molecule has 0 saturated heterocycles. The van der Waals surface area contributed by atoms with Crippen LogP contribution >= 0.6 is 11.6 Å². The zero-order valence-corrected chi connectivity index (χ0v) is 11.9. The summed E-state index contributed by atoms with van der Waals surface area (Å²) in [6.45, 7) is 0.393. The van der Waals surface area contributed by atoms with Crippen LogP contribution in [0.15, 0.2) is 6.07 Å². The number of hydrogen-bond donors (Lipinski definition) is 2. The van der Waals surface area contributed by atoms with E-state index in [4.69, 9.17) is 11.6 Å². The molecule has 0 unspecified atom stereocenters. The zero-order chi connectivity index (χ0) is 15.4. The second kappa shape index (κ2) is 6.55. The van der Waals surface area contributed by atoms with E-state index in [0.717, 1.165) is 12.3 Å². The van der Waals surface area contributed by atoms with Crippen molar-refractivity contribution in [3.05, 3.63) is 17.0 Å². The van der Waals surface area contributed by atoms with Crippen LogP contribution in [0.3, 0.4) is 0 Å². The Morgan fingerprint density at radius 1 is 1.30 bits per heavy atom. The fourth-order valence-electron chi connectivity index (χ4n) is 1.20. The molecule has 0 fully saturated rings. The molecule has 1 aromatic rings. The first-order valence-corrected chi connectivity index (χ1v) is 7.65. The van der Waals surface area contributed by atoms with E-state index in [1.165, 1.54) is 0 Å². The average molecular weight is 333 g/mol. The van der Waals surface area contributed by atoms with Crippen LogP contribution in [0.25, 0.3) is 0 Å². The van der Waals surface area contributed by atoms with Gasteiger partial charge in [-0.15, -0.1) is 0 Å². The van der Waals surface area contributed by atoms with Gasteiger partial charge >= 0.3 is 6.18 Å². The number of nitrogens with one attached hydrogen (secondary N) is 2. The first-order valence-electron chi connectivity index (χ1n) is 5.38. The molecule has 0 atom stereocenters. The third-order valence-electron chi connectivity index (χ3n) is 1.97. The molecule has 11 heteroatoms. The normalized spacial score (nSPS) is 12.4. The van der Waals surface area contributed by atoms with Crippen molar-refractivity contribution >= 4 is 27.4 Å². The molecule has 20 heavy (non-hydrogen) atoms. The lowest BCUT2D eigenvalue weighted by molar-refractivity contribution is -0.144. The summed E-state index contributed by atoms with van der Waals surface area (Å²) in [7, 11) is -3.28. The van der Waals surface area contributed by atoms with Crippen molar-refractivity contribution in [3.8, 4) is 0 Å². The standard InChI is InChI=1S/C9H12ClF3N4O2S/c1-20(18,19)15-4-2-3-14-7-5-6(10)16-8(17-7)9(11,12)13/h5,15H,2-4H2,1H3,(H,14,16,17). The minimum absolute atomic E-state index is 0.0725. The van der Waals surface area contributed by atoms with Gasteiger partial charge in [-0.25, -0.2) is 23.1 Å². The smallest absolute Gasteiger partial charge is 0.370 e. The highest BCUT2D eigenvalue weighted by atomic mass is 35.5. The molecule has 6 nitrogen and oxygen atoms in total. The average Bonchev–Trinajstić information content (AvgIpc) is 2.25. The van der Waals surface area contributed by atoms with Gasteiger partial charge in [0.1, 0.15) is 11.0 Å². The van der Waals surface area contributed by atoms with Crippen molar-refractivity contribution in [1.29, 1.82) is 0 Å². The van der Waals surface area contributed by atoms with Crippen molar-refractivity contribution in [2.75, 3.05) is 24.7 Å². The Labute approximate surface area is 118 Å². The van der Waals surface area contributed by atoms with Crippen LogP contribution in [0.5, 0.6) is 0 Å². The van der Waals surface area contributed by atoms with E-state index in [1.54, 1.807) is 0 Å². The van der Waals surface area contributed by atoms with Gasteiger partial charge in [-0.3, -0.25) is 0 Å². The van der Waals surface area contributed by atoms with Crippen LogP contribution in [0.1, 0.15) is 12.2 Å². The van der Waals surface area contributed by atoms with E-state index >= 15 is 0 Å². The summed E-state index contributed by atoms with van der Waals surface area (Å²) in [5.74, 6) is -1.40. The van der Waals surface area contributed by atoms with Gasteiger partial charge in [0, 0.05) is 19.2 Å². The number of sulfonamides is 1. The molecule has 0 aromatic carbocycles. The van der Waals surface area contributed by atoms with Gasteiger partial charge < -0.3 is 5.32 Å². The molecule has 0 radical (unpaired) electrons. The lowest BCUT2D eigenvalue weighted by atomic mass is 10.4. The van der Waals surface area contributed by atoms with Gasteiger partial charge in [-0.05, 0) is 6.42 Å². The maximum atomic E-state index is 12.4. The Morgan fingerprint density at radius 3 is 2.50 bits per heavy atom. The summed E-state index contributed by atoms with van der Waals surface area (Å²) < 4.78 is 61.1. The SMILES string of the molecule is CS(=O)(=O)NCCCNc1cc(Cl)nc(C(F)(F)F)n1. The molecule has 1 heterocycles. The molecule has 0 bridgehead atoms. The van der Waals surface area contributed by atoms with Crippen LogP contribution < -0.4 is 10.0 Å². The largest absolute Gasteiger partial charge is 0.451 e. The lowest BCUT2D eigenvalue weighted by Gasteiger charge is -2.09. The number of rotatable bonds is 6. The van der Waals surface area contributed by atoms with E-state index in [9.17, 15) is 21.6 Å². The molecule has 0 spiro atoms. The number of anilines is 1. The van der Waals surface area contributed by atoms with Crippen molar-refractivity contribution in [1.82, 2.24) is 14.7 Å². The molecule has 1 rings (SSSR count). The summed E-state index contributed by atoms with van der Waals surface area (Å²) in [5.41, 5.74) is 0. The molecular formula is C9H12ClF3N4O2S. The molecule has 0 aliphatic carbocycles. The van der Waals surface area contributed by atoms with E-state index < -0.39 is 22.0 Å². The molecule has 0 aliphatic rings. The van der Waals surface area contributed by atoms with Gasteiger partial charge in [-0.1, -0.05) is 11.6 Å². The Kier molecular flexibility index (Phi) is 5.54. The van der Waals surface area contributed by atoms with Crippen LogP contribution in [-0.4, -0.2) is 37.7 Å². The maximum absolute atomic E-state index is 12.4. The summed E-state index contributed by atoms with van der Waals surface area (Å²) in [6.07, 6.45) is -3.30. The predicted octanol–water partition coefficient (Wildman–Crippen LogP) is 1.50. The lowest BCUT2D eigenvalue weighted by Crippen LogP contribution is -2.24. The third kappa shape index (κ3) is 6.35. The van der Waals surface area contributed by atoms with E-state index in [0.29, 0.717) is 6.42 Å². The van der Waals surface area contributed by atoms with Crippen LogP contribution in [-0.2, 0) is 16.2 Å². The number of nitrogens with zero attached hydrogens (tertiary/aromatic N) is 2. The predicted molar refractivity (Wildman–Crippen MR) is 68.0 cm³/mol. The van der Waals surface area contributed by atoms with E-state index in [2.05, 4.69) is 20.0 Å². The number of halogens is 4. The summed E-state index contributed by atoms with van der Waals surface area (Å²) in [5, 5.41) is 2.28. The second-order valence-corrected chi connectivity index (χ2v) is 6.06. The fourth-order valence-corrected chi connectivity index (χ4v) is 1.90.